The van der Waals surface area contributed by atoms with E-state index in [1.54, 1.807) is 16.2 Å². The number of carbonyl (C=O) groups excluding carboxylic acids is 2. The molecule has 4 heterocycles. The molecule has 2 aromatic rings. The number of hydrogen-bond acceptors (Lipinski definition) is 6. The molecule has 0 saturated carbocycles. The van der Waals surface area contributed by atoms with Gasteiger partial charge in [-0.2, -0.15) is 0 Å². The van der Waals surface area contributed by atoms with Crippen LogP contribution in [0.15, 0.2) is 23.0 Å². The number of fused-ring (bicyclic) bond motifs is 1. The highest BCUT2D eigenvalue weighted by Gasteiger charge is 2.31. The minimum Gasteiger partial charge on any atom is -0.314 e. The molecular formula is C24H34N6O3. The van der Waals surface area contributed by atoms with Gasteiger partial charge < -0.3 is 10.2 Å². The Bertz CT molecular complexity index is 1090. The van der Waals surface area contributed by atoms with E-state index in [4.69, 9.17) is 0 Å². The number of carbonyl (C=O) groups is 2. The zero-order valence-corrected chi connectivity index (χ0v) is 19.4. The first-order chi connectivity index (χ1) is 16.0. The van der Waals surface area contributed by atoms with Crippen LogP contribution in [0.5, 0.6) is 0 Å². The first-order valence-electron chi connectivity index (χ1n) is 12.2. The summed E-state index contributed by atoms with van der Waals surface area (Å²) in [7, 11) is 1.75. The first kappa shape index (κ1) is 22.3. The molecule has 9 nitrogen and oxygen atoms in total. The van der Waals surface area contributed by atoms with E-state index >= 15 is 0 Å². The number of aromatic nitrogens is 2. The average molecular weight is 455 g/mol. The molecule has 5 rings (SSSR count). The predicted octanol–water partition coefficient (Wildman–Crippen LogP) is 0.435. The molecule has 178 valence electrons. The fourth-order valence-electron chi connectivity index (χ4n) is 5.58. The predicted molar refractivity (Wildman–Crippen MR) is 126 cm³/mol. The van der Waals surface area contributed by atoms with Gasteiger partial charge in [0, 0.05) is 52.7 Å². The van der Waals surface area contributed by atoms with E-state index in [1.807, 2.05) is 6.07 Å². The van der Waals surface area contributed by atoms with Crippen LogP contribution in [-0.4, -0.2) is 76.6 Å². The van der Waals surface area contributed by atoms with Gasteiger partial charge in [0.2, 0.25) is 11.8 Å². The molecule has 1 aromatic carbocycles. The van der Waals surface area contributed by atoms with Gasteiger partial charge in [0.25, 0.3) is 0 Å². The molecule has 0 aliphatic carbocycles. The van der Waals surface area contributed by atoms with Crippen molar-refractivity contribution in [1.29, 1.82) is 0 Å². The molecule has 3 aliphatic heterocycles. The summed E-state index contributed by atoms with van der Waals surface area (Å²) in [6.45, 7) is 8.83. The third-order valence-corrected chi connectivity index (χ3v) is 7.51. The van der Waals surface area contributed by atoms with Crippen LogP contribution < -0.4 is 16.3 Å². The van der Waals surface area contributed by atoms with Crippen molar-refractivity contribution in [1.82, 2.24) is 29.6 Å². The van der Waals surface area contributed by atoms with Gasteiger partial charge in [-0.05, 0) is 56.0 Å². The number of hydrogen-bond donors (Lipinski definition) is 2. The number of aryl methyl sites for hydroxylation is 1. The van der Waals surface area contributed by atoms with Crippen LogP contribution in [0.4, 0.5) is 0 Å². The normalized spacial score (nSPS) is 23.8. The van der Waals surface area contributed by atoms with Crippen molar-refractivity contribution in [2.75, 3.05) is 45.8 Å². The number of imidazole rings is 1. The SMILES string of the molecule is Cn1c(=O)n(C2CCC(=O)NC2=O)c2ccc(CN3CCC(CN4CCNCC4)CC3)cc21. The van der Waals surface area contributed by atoms with Crippen molar-refractivity contribution in [2.24, 2.45) is 13.0 Å². The average Bonchev–Trinajstić information content (AvgIpc) is 3.06. The van der Waals surface area contributed by atoms with Crippen LogP contribution in [0.25, 0.3) is 11.0 Å². The van der Waals surface area contributed by atoms with E-state index in [-0.39, 0.29) is 18.0 Å². The summed E-state index contributed by atoms with van der Waals surface area (Å²) in [5, 5.41) is 5.79. The number of likely N-dealkylation sites (tertiary alicyclic amines) is 1. The molecule has 0 spiro atoms. The molecule has 3 aliphatic rings. The molecule has 0 bridgehead atoms. The van der Waals surface area contributed by atoms with Crippen molar-refractivity contribution >= 4 is 22.8 Å². The minimum atomic E-state index is -0.639. The number of imide groups is 1. The van der Waals surface area contributed by atoms with Crippen molar-refractivity contribution in [3.8, 4) is 0 Å². The maximum atomic E-state index is 13.0. The van der Waals surface area contributed by atoms with Crippen LogP contribution in [0, 0.1) is 5.92 Å². The van der Waals surface area contributed by atoms with Crippen LogP contribution in [0.3, 0.4) is 0 Å². The van der Waals surface area contributed by atoms with Crippen molar-refractivity contribution in [3.05, 3.63) is 34.2 Å². The highest BCUT2D eigenvalue weighted by atomic mass is 16.2. The van der Waals surface area contributed by atoms with Crippen LogP contribution in [0.1, 0.15) is 37.3 Å². The monoisotopic (exact) mass is 454 g/mol. The molecule has 1 unspecified atom stereocenters. The highest BCUT2D eigenvalue weighted by molar-refractivity contribution is 6.00. The Morgan fingerprint density at radius 1 is 0.939 bits per heavy atom. The summed E-state index contributed by atoms with van der Waals surface area (Å²) in [6, 6.07) is 5.45. The van der Waals surface area contributed by atoms with Gasteiger partial charge in [0.1, 0.15) is 6.04 Å². The Morgan fingerprint density at radius 3 is 2.42 bits per heavy atom. The lowest BCUT2D eigenvalue weighted by molar-refractivity contribution is -0.135. The maximum absolute atomic E-state index is 13.0. The summed E-state index contributed by atoms with van der Waals surface area (Å²) in [4.78, 5) is 42.0. The number of benzene rings is 1. The van der Waals surface area contributed by atoms with E-state index in [0.717, 1.165) is 62.8 Å². The first-order valence-corrected chi connectivity index (χ1v) is 12.2. The third-order valence-electron chi connectivity index (χ3n) is 7.51. The van der Waals surface area contributed by atoms with E-state index in [0.29, 0.717) is 6.42 Å². The summed E-state index contributed by atoms with van der Waals surface area (Å²) < 4.78 is 3.16. The third kappa shape index (κ3) is 4.62. The van der Waals surface area contributed by atoms with E-state index in [9.17, 15) is 14.4 Å². The molecule has 0 radical (unpaired) electrons. The van der Waals surface area contributed by atoms with Gasteiger partial charge in [-0.3, -0.25) is 28.9 Å². The van der Waals surface area contributed by atoms with Crippen molar-refractivity contribution < 1.29 is 9.59 Å². The second-order valence-corrected chi connectivity index (χ2v) is 9.77. The summed E-state index contributed by atoms with van der Waals surface area (Å²) in [6.07, 6.45) is 3.07. The quantitative estimate of drug-likeness (QED) is 0.637. The van der Waals surface area contributed by atoms with E-state index in [2.05, 4.69) is 32.6 Å². The van der Waals surface area contributed by atoms with E-state index < -0.39 is 11.9 Å². The lowest BCUT2D eigenvalue weighted by Gasteiger charge is -2.36. The van der Waals surface area contributed by atoms with E-state index in [1.165, 1.54) is 24.9 Å². The number of piperazine rings is 1. The molecule has 3 saturated heterocycles. The molecule has 33 heavy (non-hydrogen) atoms. The van der Waals surface area contributed by atoms with Gasteiger partial charge >= 0.3 is 5.69 Å². The molecule has 1 aromatic heterocycles. The second kappa shape index (κ2) is 9.40. The summed E-state index contributed by atoms with van der Waals surface area (Å²) in [5.41, 5.74) is 2.54. The fourth-order valence-corrected chi connectivity index (χ4v) is 5.58. The van der Waals surface area contributed by atoms with Gasteiger partial charge in [-0.1, -0.05) is 6.07 Å². The largest absolute Gasteiger partial charge is 0.329 e. The number of rotatable bonds is 5. The molecule has 2 amide bonds. The van der Waals surface area contributed by atoms with Crippen LogP contribution >= 0.6 is 0 Å². The number of nitrogens with zero attached hydrogens (tertiary/aromatic N) is 4. The molecular weight excluding hydrogens is 420 g/mol. The highest BCUT2D eigenvalue weighted by Crippen LogP contribution is 2.25. The maximum Gasteiger partial charge on any atom is 0.329 e. The zero-order valence-electron chi connectivity index (χ0n) is 19.4. The van der Waals surface area contributed by atoms with Crippen LogP contribution in [-0.2, 0) is 23.2 Å². The number of amides is 2. The summed E-state index contributed by atoms with van der Waals surface area (Å²) >= 11 is 0. The minimum absolute atomic E-state index is 0.217. The lowest BCUT2D eigenvalue weighted by atomic mass is 9.95. The van der Waals surface area contributed by atoms with Gasteiger partial charge in [0.05, 0.1) is 11.0 Å². The molecule has 3 fully saturated rings. The van der Waals surface area contributed by atoms with Crippen molar-refractivity contribution in [2.45, 2.75) is 38.3 Å². The Kier molecular flexibility index (Phi) is 6.36. The van der Waals surface area contributed by atoms with Crippen LogP contribution in [0.2, 0.25) is 0 Å². The van der Waals surface area contributed by atoms with Crippen molar-refractivity contribution in [3.63, 3.8) is 0 Å². The Hall–Kier alpha value is -2.49. The lowest BCUT2D eigenvalue weighted by Crippen LogP contribution is -2.46. The summed E-state index contributed by atoms with van der Waals surface area (Å²) in [5.74, 6) is 0.113. The second-order valence-electron chi connectivity index (χ2n) is 9.77. The fraction of sp³-hybridized carbons (Fsp3) is 0.625. The zero-order chi connectivity index (χ0) is 22.9. The topological polar surface area (TPSA) is 91.6 Å². The standard InChI is InChI=1S/C24H34N6O3/c1-27-21-14-18(16-28-10-6-17(7-11-28)15-29-12-8-25-9-13-29)2-3-19(21)30(24(27)33)20-4-5-22(31)26-23(20)32/h2-3,14,17,20,25H,4-13,15-16H2,1H3,(H,26,31,32). The molecule has 2 N–H and O–H groups in total. The van der Waals surface area contributed by atoms with Gasteiger partial charge in [0.15, 0.2) is 0 Å². The number of piperidine rings is 2. The number of nitrogens with one attached hydrogen (secondary N) is 2. The van der Waals surface area contributed by atoms with Gasteiger partial charge in [-0.15, -0.1) is 0 Å². The smallest absolute Gasteiger partial charge is 0.314 e. The Morgan fingerprint density at radius 2 is 1.70 bits per heavy atom. The molecule has 9 heteroatoms. The Balaban J connectivity index is 1.26. The Labute approximate surface area is 193 Å². The van der Waals surface area contributed by atoms with Gasteiger partial charge in [-0.25, -0.2) is 4.79 Å². The molecule has 1 atom stereocenters.